The number of rotatable bonds is 5. The third-order valence-corrected chi connectivity index (χ3v) is 2.83. The predicted octanol–water partition coefficient (Wildman–Crippen LogP) is 2.20. The lowest BCUT2D eigenvalue weighted by Crippen LogP contribution is -2.22. The average molecular weight is 316 g/mol. The molecule has 18 heavy (non-hydrogen) atoms. The Morgan fingerprint density at radius 1 is 1.56 bits per heavy atom. The van der Waals surface area contributed by atoms with E-state index in [1.54, 1.807) is 13.0 Å². The summed E-state index contributed by atoms with van der Waals surface area (Å²) in [5.41, 5.74) is 0.352. The van der Waals surface area contributed by atoms with Gasteiger partial charge in [-0.15, -0.1) is 0 Å². The summed E-state index contributed by atoms with van der Waals surface area (Å²) < 4.78 is 18.1. The van der Waals surface area contributed by atoms with Crippen molar-refractivity contribution in [1.82, 2.24) is 5.32 Å². The number of hydrogen-bond donors (Lipinski definition) is 1. The van der Waals surface area contributed by atoms with Gasteiger partial charge in [-0.05, 0) is 40.5 Å². The highest BCUT2D eigenvalue weighted by Crippen LogP contribution is 2.25. The van der Waals surface area contributed by atoms with Crippen LogP contribution >= 0.6 is 15.9 Å². The van der Waals surface area contributed by atoms with Crippen molar-refractivity contribution in [3.63, 3.8) is 0 Å². The van der Waals surface area contributed by atoms with E-state index in [0.29, 0.717) is 12.0 Å². The van der Waals surface area contributed by atoms with Gasteiger partial charge in [0.25, 0.3) is 0 Å². The van der Waals surface area contributed by atoms with Gasteiger partial charge in [-0.2, -0.15) is 0 Å². The first kappa shape index (κ1) is 14.4. The Balaban J connectivity index is 3.18. The monoisotopic (exact) mass is 315 g/mol. The van der Waals surface area contributed by atoms with E-state index in [0.717, 1.165) is 0 Å². The minimum atomic E-state index is -0.694. The number of ether oxygens (including phenoxy) is 1. The predicted molar refractivity (Wildman–Crippen MR) is 68.1 cm³/mol. The summed E-state index contributed by atoms with van der Waals surface area (Å²) in [5, 5.41) is 2.24. The van der Waals surface area contributed by atoms with Gasteiger partial charge in [0.05, 0.1) is 11.1 Å². The summed E-state index contributed by atoms with van der Waals surface area (Å²) in [5.74, 6) is -1.14. The van der Waals surface area contributed by atoms with Crippen molar-refractivity contribution < 1.29 is 18.7 Å². The molecule has 0 saturated carbocycles. The molecule has 0 radical (unpaired) electrons. The molecule has 0 saturated heterocycles. The topological polar surface area (TPSA) is 55.4 Å². The van der Waals surface area contributed by atoms with E-state index in [1.807, 2.05) is 0 Å². The Bertz CT molecular complexity index is 488. The normalized spacial score (nSPS) is 11.5. The van der Waals surface area contributed by atoms with Crippen molar-refractivity contribution >= 4 is 32.8 Å². The van der Waals surface area contributed by atoms with E-state index in [9.17, 15) is 14.0 Å². The molecular weight excluding hydrogens is 305 g/mol. The highest BCUT2D eigenvalue weighted by atomic mass is 79.9. The van der Waals surface area contributed by atoms with Gasteiger partial charge in [-0.25, -0.2) is 9.18 Å². The molecule has 96 valence electrons. The lowest BCUT2D eigenvalue weighted by atomic mass is 10.2. The maximum absolute atomic E-state index is 13.1. The first-order valence-corrected chi connectivity index (χ1v) is 5.92. The van der Waals surface area contributed by atoms with Crippen molar-refractivity contribution in [3.8, 4) is 0 Å². The van der Waals surface area contributed by atoms with Crippen LogP contribution in [0.2, 0.25) is 0 Å². The van der Waals surface area contributed by atoms with Gasteiger partial charge in [0.15, 0.2) is 0 Å². The van der Waals surface area contributed by atoms with Crippen molar-refractivity contribution in [1.29, 1.82) is 0 Å². The second-order valence-electron chi connectivity index (χ2n) is 3.18. The van der Waals surface area contributed by atoms with E-state index in [-0.39, 0.29) is 16.8 Å². The summed E-state index contributed by atoms with van der Waals surface area (Å²) in [6.45, 7) is 1.82. The molecule has 0 heterocycles. The largest absolute Gasteiger partial charge is 0.461 e. The molecule has 0 aromatic heterocycles. The van der Waals surface area contributed by atoms with Crippen molar-refractivity contribution in [2.24, 2.45) is 0 Å². The maximum atomic E-state index is 13.1. The summed E-state index contributed by atoms with van der Waals surface area (Å²) in [6, 6.07) is 5.60. The smallest absolute Gasteiger partial charge is 0.356 e. The van der Waals surface area contributed by atoms with E-state index < -0.39 is 11.8 Å². The quantitative estimate of drug-likeness (QED) is 0.515. The number of carbonyl (C=O) groups excluding carboxylic acids is 2. The molecule has 0 aliphatic heterocycles. The Morgan fingerprint density at radius 2 is 2.28 bits per heavy atom. The Labute approximate surface area is 112 Å². The van der Waals surface area contributed by atoms with Crippen LogP contribution in [0.25, 0.3) is 4.48 Å². The number of carbonyl (C=O) groups is 2. The number of nitrogens with one attached hydrogen (secondary N) is 1. The van der Waals surface area contributed by atoms with E-state index >= 15 is 0 Å². The summed E-state index contributed by atoms with van der Waals surface area (Å²) >= 11 is 3.15. The van der Waals surface area contributed by atoms with E-state index in [2.05, 4.69) is 21.2 Å². The number of hydrogen-bond acceptors (Lipinski definition) is 3. The first-order valence-electron chi connectivity index (χ1n) is 5.13. The van der Waals surface area contributed by atoms with Crippen LogP contribution in [-0.2, 0) is 14.3 Å². The molecular formula is C12H11BrFNO3. The molecule has 1 rings (SSSR count). The highest BCUT2D eigenvalue weighted by Gasteiger charge is 2.16. The van der Waals surface area contributed by atoms with Gasteiger partial charge in [-0.1, -0.05) is 12.1 Å². The molecule has 0 atom stereocenters. The fourth-order valence-corrected chi connectivity index (χ4v) is 1.77. The summed E-state index contributed by atoms with van der Waals surface area (Å²) in [6.07, 6.45) is 0.354. The SMILES string of the molecule is CCOC(=O)/C(NC=O)=C(/Br)c1cccc(F)c1. The second-order valence-corrected chi connectivity index (χ2v) is 3.97. The maximum Gasteiger partial charge on any atom is 0.356 e. The lowest BCUT2D eigenvalue weighted by molar-refractivity contribution is -0.139. The van der Waals surface area contributed by atoms with Crippen LogP contribution in [0.15, 0.2) is 30.0 Å². The minimum Gasteiger partial charge on any atom is -0.461 e. The average Bonchev–Trinajstić information content (AvgIpc) is 2.35. The van der Waals surface area contributed by atoms with Crippen molar-refractivity contribution in [3.05, 3.63) is 41.3 Å². The molecule has 0 bridgehead atoms. The number of benzene rings is 1. The van der Waals surface area contributed by atoms with Gasteiger partial charge in [-0.3, -0.25) is 4.79 Å². The number of halogens is 2. The molecule has 0 spiro atoms. The second kappa shape index (κ2) is 6.90. The van der Waals surface area contributed by atoms with Crippen LogP contribution in [0.1, 0.15) is 12.5 Å². The number of esters is 1. The Morgan fingerprint density at radius 3 is 2.83 bits per heavy atom. The zero-order chi connectivity index (χ0) is 13.5. The molecule has 1 aromatic rings. The van der Waals surface area contributed by atoms with Crippen LogP contribution in [0.3, 0.4) is 0 Å². The van der Waals surface area contributed by atoms with Crippen molar-refractivity contribution in [2.75, 3.05) is 6.61 Å². The van der Waals surface area contributed by atoms with E-state index in [1.165, 1.54) is 18.2 Å². The Kier molecular flexibility index (Phi) is 5.51. The highest BCUT2D eigenvalue weighted by molar-refractivity contribution is 9.15. The van der Waals surface area contributed by atoms with Crippen molar-refractivity contribution in [2.45, 2.75) is 6.92 Å². The van der Waals surface area contributed by atoms with Crippen LogP contribution in [-0.4, -0.2) is 19.0 Å². The molecule has 6 heteroatoms. The fraction of sp³-hybridized carbons (Fsp3) is 0.167. The van der Waals surface area contributed by atoms with Gasteiger partial charge < -0.3 is 10.1 Å². The van der Waals surface area contributed by atoms with Gasteiger partial charge >= 0.3 is 5.97 Å². The molecule has 1 aromatic carbocycles. The van der Waals surface area contributed by atoms with Gasteiger partial charge in [0, 0.05) is 0 Å². The zero-order valence-corrected chi connectivity index (χ0v) is 11.2. The van der Waals surface area contributed by atoms with Gasteiger partial charge in [0.2, 0.25) is 6.41 Å². The van der Waals surface area contributed by atoms with Crippen LogP contribution in [0.4, 0.5) is 4.39 Å². The molecule has 0 unspecified atom stereocenters. The molecule has 0 aliphatic rings. The van der Waals surface area contributed by atoms with Crippen LogP contribution in [0, 0.1) is 5.82 Å². The molecule has 4 nitrogen and oxygen atoms in total. The molecule has 1 amide bonds. The lowest BCUT2D eigenvalue weighted by Gasteiger charge is -2.09. The summed E-state index contributed by atoms with van der Waals surface area (Å²) in [4.78, 5) is 22.1. The fourth-order valence-electron chi connectivity index (χ4n) is 1.24. The molecule has 0 fully saturated rings. The molecule has 0 aliphatic carbocycles. The first-order chi connectivity index (χ1) is 8.60. The minimum absolute atomic E-state index is 0.0718. The number of amides is 1. The third kappa shape index (κ3) is 3.66. The standard InChI is InChI=1S/C12H11BrFNO3/c1-2-18-12(17)11(15-7-16)10(13)8-4-3-5-9(14)6-8/h3-7H,2H2,1H3,(H,15,16)/b11-10-. The summed E-state index contributed by atoms with van der Waals surface area (Å²) in [7, 11) is 0. The molecule has 1 N–H and O–H groups in total. The third-order valence-electron chi connectivity index (χ3n) is 1.98. The van der Waals surface area contributed by atoms with E-state index in [4.69, 9.17) is 4.74 Å². The van der Waals surface area contributed by atoms with Gasteiger partial charge in [0.1, 0.15) is 11.5 Å². The Hall–Kier alpha value is -1.69. The zero-order valence-electron chi connectivity index (χ0n) is 9.57. The van der Waals surface area contributed by atoms with Crippen LogP contribution < -0.4 is 5.32 Å². The van der Waals surface area contributed by atoms with Crippen LogP contribution in [0.5, 0.6) is 0 Å².